The van der Waals surface area contributed by atoms with Gasteiger partial charge in [-0.1, -0.05) is 60.3 Å². The highest BCUT2D eigenvalue weighted by molar-refractivity contribution is 7.81. The summed E-state index contributed by atoms with van der Waals surface area (Å²) in [5.74, 6) is 5.67. The van der Waals surface area contributed by atoms with E-state index in [-0.39, 0.29) is 0 Å². The Morgan fingerprint density at radius 1 is 1.00 bits per heavy atom. The molecule has 0 bridgehead atoms. The standard InChI is InChI=1S/C25H44S/c1-6-9-17(2)20-10-11-21-19-16-18(3)25(26)14-8-7-13-24(25,5)22(19)12-15-23(20,21)4/h17-22,26H,6-16H2,1-5H3. The molecule has 150 valence electrons. The second-order valence-electron chi connectivity index (χ2n) is 11.6. The zero-order chi connectivity index (χ0) is 18.7. The summed E-state index contributed by atoms with van der Waals surface area (Å²) < 4.78 is 0.313. The van der Waals surface area contributed by atoms with Crippen molar-refractivity contribution in [3.8, 4) is 0 Å². The lowest BCUT2D eigenvalue weighted by Gasteiger charge is -2.66. The Balaban J connectivity index is 1.64. The Morgan fingerprint density at radius 3 is 2.46 bits per heavy atom. The Kier molecular flexibility index (Phi) is 5.07. The van der Waals surface area contributed by atoms with E-state index in [4.69, 9.17) is 12.6 Å². The molecule has 0 amide bonds. The summed E-state index contributed by atoms with van der Waals surface area (Å²) in [4.78, 5) is 0. The summed E-state index contributed by atoms with van der Waals surface area (Å²) in [6.45, 7) is 12.9. The molecule has 0 aromatic heterocycles. The molecule has 0 heterocycles. The van der Waals surface area contributed by atoms with Gasteiger partial charge in [-0.15, -0.1) is 0 Å². The van der Waals surface area contributed by atoms with E-state index in [1.54, 1.807) is 0 Å². The van der Waals surface area contributed by atoms with E-state index in [1.807, 2.05) is 0 Å². The lowest BCUT2D eigenvalue weighted by atomic mass is 9.42. The predicted octanol–water partition coefficient (Wildman–Crippen LogP) is 7.77. The highest BCUT2D eigenvalue weighted by Crippen LogP contribution is 2.71. The van der Waals surface area contributed by atoms with Crippen LogP contribution in [0.5, 0.6) is 0 Å². The summed E-state index contributed by atoms with van der Waals surface area (Å²) in [5, 5.41) is 0. The highest BCUT2D eigenvalue weighted by Gasteiger charge is 2.65. The van der Waals surface area contributed by atoms with Crippen LogP contribution in [0.1, 0.15) is 105 Å². The van der Waals surface area contributed by atoms with Crippen molar-refractivity contribution in [2.24, 2.45) is 46.3 Å². The first-order chi connectivity index (χ1) is 12.3. The Hall–Kier alpha value is 0.350. The largest absolute Gasteiger partial charge is 0.172 e. The molecule has 1 heteroatoms. The van der Waals surface area contributed by atoms with E-state index in [2.05, 4.69) is 34.6 Å². The van der Waals surface area contributed by atoms with Crippen LogP contribution >= 0.6 is 12.6 Å². The lowest BCUT2D eigenvalue weighted by Crippen LogP contribution is -2.62. The maximum Gasteiger partial charge on any atom is 0.0211 e. The normalized spacial score (nSPS) is 54.9. The quantitative estimate of drug-likeness (QED) is 0.478. The molecular formula is C25H44S. The smallest absolute Gasteiger partial charge is 0.0211 e. The predicted molar refractivity (Wildman–Crippen MR) is 117 cm³/mol. The Bertz CT molecular complexity index is 528. The van der Waals surface area contributed by atoms with Crippen molar-refractivity contribution < 1.29 is 0 Å². The van der Waals surface area contributed by atoms with Gasteiger partial charge in [-0.25, -0.2) is 0 Å². The van der Waals surface area contributed by atoms with Gasteiger partial charge in [0, 0.05) is 4.75 Å². The molecule has 0 nitrogen and oxygen atoms in total. The molecule has 0 spiro atoms. The van der Waals surface area contributed by atoms with Crippen LogP contribution in [0.15, 0.2) is 0 Å². The fourth-order valence-corrected chi connectivity index (χ4v) is 9.89. The molecule has 0 N–H and O–H groups in total. The van der Waals surface area contributed by atoms with Gasteiger partial charge in [0.15, 0.2) is 0 Å². The Labute approximate surface area is 169 Å². The van der Waals surface area contributed by atoms with Crippen LogP contribution in [0.25, 0.3) is 0 Å². The molecule has 0 aromatic rings. The van der Waals surface area contributed by atoms with E-state index in [1.165, 1.54) is 70.6 Å². The molecular weight excluding hydrogens is 332 g/mol. The minimum absolute atomic E-state index is 0.313. The van der Waals surface area contributed by atoms with E-state index < -0.39 is 0 Å². The fraction of sp³-hybridized carbons (Fsp3) is 1.00. The van der Waals surface area contributed by atoms with Crippen LogP contribution in [-0.2, 0) is 0 Å². The zero-order valence-corrected chi connectivity index (χ0v) is 19.1. The lowest BCUT2D eigenvalue weighted by molar-refractivity contribution is -0.120. The molecule has 4 fully saturated rings. The van der Waals surface area contributed by atoms with Crippen molar-refractivity contribution in [2.75, 3.05) is 0 Å². The third kappa shape index (κ3) is 2.54. The first-order valence-corrected chi connectivity index (χ1v) is 12.4. The number of rotatable bonds is 3. The molecule has 9 atom stereocenters. The van der Waals surface area contributed by atoms with Crippen LogP contribution in [0.4, 0.5) is 0 Å². The summed E-state index contributed by atoms with van der Waals surface area (Å²) in [7, 11) is 0. The van der Waals surface area contributed by atoms with Crippen LogP contribution in [0, 0.1) is 46.3 Å². The third-order valence-corrected chi connectivity index (χ3v) is 11.9. The van der Waals surface area contributed by atoms with Crippen molar-refractivity contribution in [3.05, 3.63) is 0 Å². The number of hydrogen-bond acceptors (Lipinski definition) is 1. The molecule has 0 radical (unpaired) electrons. The van der Waals surface area contributed by atoms with Crippen LogP contribution in [0.3, 0.4) is 0 Å². The van der Waals surface area contributed by atoms with Gasteiger partial charge in [0.25, 0.3) is 0 Å². The Morgan fingerprint density at radius 2 is 1.73 bits per heavy atom. The first kappa shape index (κ1) is 19.7. The van der Waals surface area contributed by atoms with Crippen molar-refractivity contribution in [3.63, 3.8) is 0 Å². The van der Waals surface area contributed by atoms with Gasteiger partial charge in [0.05, 0.1) is 0 Å². The van der Waals surface area contributed by atoms with E-state index >= 15 is 0 Å². The number of thiol groups is 1. The summed E-state index contributed by atoms with van der Waals surface area (Å²) in [5.41, 5.74) is 1.13. The van der Waals surface area contributed by atoms with E-state index in [9.17, 15) is 0 Å². The van der Waals surface area contributed by atoms with Crippen molar-refractivity contribution in [1.29, 1.82) is 0 Å². The van der Waals surface area contributed by atoms with Gasteiger partial charge in [0.2, 0.25) is 0 Å². The molecule has 4 aliphatic rings. The van der Waals surface area contributed by atoms with Gasteiger partial charge in [-0.3, -0.25) is 0 Å². The van der Waals surface area contributed by atoms with Gasteiger partial charge < -0.3 is 0 Å². The van der Waals surface area contributed by atoms with Gasteiger partial charge in [0.1, 0.15) is 0 Å². The average Bonchev–Trinajstić information content (AvgIpc) is 2.95. The summed E-state index contributed by atoms with van der Waals surface area (Å²) in [6.07, 6.45) is 16.0. The number of fused-ring (bicyclic) bond motifs is 5. The zero-order valence-electron chi connectivity index (χ0n) is 18.2. The highest BCUT2D eigenvalue weighted by atomic mass is 32.1. The molecule has 0 aliphatic heterocycles. The van der Waals surface area contributed by atoms with E-state index in [0.717, 1.165) is 35.5 Å². The van der Waals surface area contributed by atoms with Crippen LogP contribution in [-0.4, -0.2) is 4.75 Å². The first-order valence-electron chi connectivity index (χ1n) is 12.0. The minimum Gasteiger partial charge on any atom is -0.172 e. The van der Waals surface area contributed by atoms with Crippen LogP contribution < -0.4 is 0 Å². The van der Waals surface area contributed by atoms with Gasteiger partial charge in [-0.05, 0) is 91.3 Å². The van der Waals surface area contributed by atoms with Crippen molar-refractivity contribution in [1.82, 2.24) is 0 Å². The van der Waals surface area contributed by atoms with Gasteiger partial charge >= 0.3 is 0 Å². The van der Waals surface area contributed by atoms with Crippen molar-refractivity contribution >= 4 is 12.6 Å². The average molecular weight is 377 g/mol. The molecule has 4 aliphatic carbocycles. The minimum atomic E-state index is 0.313. The number of hydrogen-bond donors (Lipinski definition) is 1. The molecule has 0 aromatic carbocycles. The van der Waals surface area contributed by atoms with Crippen molar-refractivity contribution in [2.45, 2.75) is 110 Å². The topological polar surface area (TPSA) is 0 Å². The molecule has 9 unspecified atom stereocenters. The SMILES string of the molecule is CCCC(C)C1CCC2C3CC(C)C4(S)CCCCC4(C)C3CCC12C. The molecule has 4 saturated carbocycles. The monoisotopic (exact) mass is 376 g/mol. The third-order valence-electron chi connectivity index (χ3n) is 10.7. The van der Waals surface area contributed by atoms with E-state index in [0.29, 0.717) is 15.6 Å². The maximum atomic E-state index is 5.47. The molecule has 26 heavy (non-hydrogen) atoms. The van der Waals surface area contributed by atoms with Crippen LogP contribution in [0.2, 0.25) is 0 Å². The second kappa shape index (κ2) is 6.70. The second-order valence-corrected chi connectivity index (χ2v) is 12.4. The maximum absolute atomic E-state index is 5.47. The fourth-order valence-electron chi connectivity index (χ4n) is 9.35. The molecule has 0 saturated heterocycles. The van der Waals surface area contributed by atoms with Gasteiger partial charge in [-0.2, -0.15) is 12.6 Å². The summed E-state index contributed by atoms with van der Waals surface area (Å²) in [6, 6.07) is 0. The summed E-state index contributed by atoms with van der Waals surface area (Å²) >= 11 is 5.47. The molecule has 4 rings (SSSR count).